The fourth-order valence-corrected chi connectivity index (χ4v) is 2.49. The molecule has 1 aliphatic rings. The van der Waals surface area contributed by atoms with Gasteiger partial charge in [-0.15, -0.1) is 0 Å². The van der Waals surface area contributed by atoms with Crippen LogP contribution in [0.15, 0.2) is 12.1 Å². The first-order valence-corrected chi connectivity index (χ1v) is 6.77. The molecule has 0 saturated heterocycles. The number of anilines is 1. The van der Waals surface area contributed by atoms with E-state index in [1.54, 1.807) is 6.07 Å². The largest absolute Gasteiger partial charge is 0.490 e. The molecule has 19 heavy (non-hydrogen) atoms. The molecular weight excluding hydrogens is 242 g/mol. The predicted octanol–water partition coefficient (Wildman–Crippen LogP) is 3.08. The summed E-state index contributed by atoms with van der Waals surface area (Å²) in [5, 5.41) is 0. The van der Waals surface area contributed by atoms with Crippen LogP contribution in [0.5, 0.6) is 5.75 Å². The van der Waals surface area contributed by atoms with Crippen LogP contribution in [0.3, 0.4) is 0 Å². The van der Waals surface area contributed by atoms with E-state index in [4.69, 9.17) is 15.2 Å². The topological polar surface area (TPSA) is 61.5 Å². The van der Waals surface area contributed by atoms with Crippen molar-refractivity contribution in [3.63, 3.8) is 0 Å². The van der Waals surface area contributed by atoms with Gasteiger partial charge in [0.25, 0.3) is 0 Å². The second-order valence-corrected chi connectivity index (χ2v) is 5.07. The minimum Gasteiger partial charge on any atom is -0.490 e. The highest BCUT2D eigenvalue weighted by molar-refractivity contribution is 5.96. The van der Waals surface area contributed by atoms with Gasteiger partial charge in [0.2, 0.25) is 0 Å². The van der Waals surface area contributed by atoms with Crippen LogP contribution in [0.1, 0.15) is 48.0 Å². The predicted molar refractivity (Wildman–Crippen MR) is 74.4 cm³/mol. The molecule has 1 saturated carbocycles. The molecule has 0 spiro atoms. The van der Waals surface area contributed by atoms with Crippen LogP contribution < -0.4 is 10.5 Å². The number of nitrogens with two attached hydrogens (primary N) is 1. The second-order valence-electron chi connectivity index (χ2n) is 5.07. The Morgan fingerprint density at radius 2 is 1.95 bits per heavy atom. The molecule has 4 nitrogen and oxygen atoms in total. The first kappa shape index (κ1) is 13.7. The van der Waals surface area contributed by atoms with Crippen molar-refractivity contribution in [1.29, 1.82) is 0 Å². The summed E-state index contributed by atoms with van der Waals surface area (Å²) in [6, 6.07) is 3.57. The third-order valence-corrected chi connectivity index (χ3v) is 3.62. The Morgan fingerprint density at radius 1 is 1.26 bits per heavy atom. The van der Waals surface area contributed by atoms with Gasteiger partial charge in [-0.2, -0.15) is 0 Å². The quantitative estimate of drug-likeness (QED) is 0.672. The van der Waals surface area contributed by atoms with Crippen LogP contribution in [-0.4, -0.2) is 19.2 Å². The molecule has 0 aliphatic heterocycles. The minimum atomic E-state index is -0.422. The summed E-state index contributed by atoms with van der Waals surface area (Å²) in [7, 11) is 1.35. The summed E-state index contributed by atoms with van der Waals surface area (Å²) in [5.41, 5.74) is 7.59. The fourth-order valence-electron chi connectivity index (χ4n) is 2.49. The number of nitrogen functional groups attached to an aromatic ring is 1. The lowest BCUT2D eigenvalue weighted by Crippen LogP contribution is -2.20. The van der Waals surface area contributed by atoms with Crippen molar-refractivity contribution < 1.29 is 14.3 Å². The Hall–Kier alpha value is -1.71. The van der Waals surface area contributed by atoms with Crippen LogP contribution >= 0.6 is 0 Å². The van der Waals surface area contributed by atoms with Gasteiger partial charge in [0.05, 0.1) is 18.8 Å². The van der Waals surface area contributed by atoms with Gasteiger partial charge in [-0.1, -0.05) is 6.42 Å². The first-order chi connectivity index (χ1) is 9.11. The smallest absolute Gasteiger partial charge is 0.340 e. The van der Waals surface area contributed by atoms with Crippen molar-refractivity contribution in [1.82, 2.24) is 0 Å². The molecule has 1 fully saturated rings. The summed E-state index contributed by atoms with van der Waals surface area (Å²) in [4.78, 5) is 11.7. The number of hydrogen-bond acceptors (Lipinski definition) is 4. The Bertz CT molecular complexity index is 465. The van der Waals surface area contributed by atoms with Crippen molar-refractivity contribution in [2.45, 2.75) is 45.1 Å². The Morgan fingerprint density at radius 3 is 2.58 bits per heavy atom. The number of hydrogen-bond donors (Lipinski definition) is 1. The van der Waals surface area contributed by atoms with Crippen LogP contribution in [0, 0.1) is 6.92 Å². The van der Waals surface area contributed by atoms with E-state index < -0.39 is 5.97 Å². The van der Waals surface area contributed by atoms with Gasteiger partial charge in [0.15, 0.2) is 0 Å². The molecule has 0 radical (unpaired) electrons. The molecule has 0 unspecified atom stereocenters. The van der Waals surface area contributed by atoms with Crippen molar-refractivity contribution in [2.24, 2.45) is 0 Å². The van der Waals surface area contributed by atoms with Crippen molar-refractivity contribution in [2.75, 3.05) is 12.8 Å². The van der Waals surface area contributed by atoms with Gasteiger partial charge >= 0.3 is 5.97 Å². The number of rotatable bonds is 3. The van der Waals surface area contributed by atoms with E-state index >= 15 is 0 Å². The normalized spacial score (nSPS) is 16.1. The van der Waals surface area contributed by atoms with E-state index in [2.05, 4.69) is 0 Å². The summed E-state index contributed by atoms with van der Waals surface area (Å²) < 4.78 is 10.7. The zero-order valence-corrected chi connectivity index (χ0v) is 11.6. The van der Waals surface area contributed by atoms with E-state index in [9.17, 15) is 4.79 Å². The zero-order chi connectivity index (χ0) is 13.8. The Labute approximate surface area is 113 Å². The number of aryl methyl sites for hydroxylation is 1. The molecule has 4 heteroatoms. The average Bonchev–Trinajstić information content (AvgIpc) is 2.43. The highest BCUT2D eigenvalue weighted by atomic mass is 16.5. The molecule has 1 aliphatic carbocycles. The molecule has 104 valence electrons. The van der Waals surface area contributed by atoms with Gasteiger partial charge in [0, 0.05) is 5.69 Å². The van der Waals surface area contributed by atoms with Crippen LogP contribution in [-0.2, 0) is 4.74 Å². The third-order valence-electron chi connectivity index (χ3n) is 3.62. The number of benzene rings is 1. The van der Waals surface area contributed by atoms with Gasteiger partial charge in [-0.25, -0.2) is 4.79 Å². The molecule has 0 atom stereocenters. The zero-order valence-electron chi connectivity index (χ0n) is 11.6. The molecule has 1 aromatic rings. The average molecular weight is 263 g/mol. The summed E-state index contributed by atoms with van der Waals surface area (Å²) in [6.45, 7) is 1.87. The van der Waals surface area contributed by atoms with E-state index in [0.717, 1.165) is 18.4 Å². The Kier molecular flexibility index (Phi) is 4.30. The second kappa shape index (κ2) is 5.95. The number of carbonyl (C=O) groups is 1. The van der Waals surface area contributed by atoms with Crippen molar-refractivity contribution in [3.8, 4) is 5.75 Å². The monoisotopic (exact) mass is 263 g/mol. The number of esters is 1. The highest BCUT2D eigenvalue weighted by Crippen LogP contribution is 2.28. The lowest BCUT2D eigenvalue weighted by atomic mass is 9.97. The fraction of sp³-hybridized carbons (Fsp3) is 0.533. The molecule has 0 heterocycles. The lowest BCUT2D eigenvalue weighted by molar-refractivity contribution is 0.0600. The summed E-state index contributed by atoms with van der Waals surface area (Å²) in [5.74, 6) is 0.286. The molecule has 0 aromatic heterocycles. The lowest BCUT2D eigenvalue weighted by Gasteiger charge is -2.23. The molecule has 0 bridgehead atoms. The number of ether oxygens (including phenoxy) is 2. The van der Waals surface area contributed by atoms with E-state index in [1.165, 1.54) is 26.4 Å². The van der Waals surface area contributed by atoms with E-state index in [-0.39, 0.29) is 6.10 Å². The standard InChI is InChI=1S/C15H21NO3/c1-10-8-12(19-11-6-4-3-5-7-11)9-13(14(10)16)15(17)18-2/h8-9,11H,3-7,16H2,1-2H3. The number of methoxy groups -OCH3 is 1. The summed E-state index contributed by atoms with van der Waals surface area (Å²) >= 11 is 0. The maximum absolute atomic E-state index is 11.7. The van der Waals surface area contributed by atoms with Crippen molar-refractivity contribution in [3.05, 3.63) is 23.3 Å². The number of carbonyl (C=O) groups excluding carboxylic acids is 1. The molecule has 2 rings (SSSR count). The Balaban J connectivity index is 2.20. The van der Waals surface area contributed by atoms with Crippen LogP contribution in [0.4, 0.5) is 5.69 Å². The molecule has 1 aromatic carbocycles. The van der Waals surface area contributed by atoms with Gasteiger partial charge in [0.1, 0.15) is 5.75 Å². The van der Waals surface area contributed by atoms with E-state index in [1.807, 2.05) is 13.0 Å². The summed E-state index contributed by atoms with van der Waals surface area (Å²) in [6.07, 6.45) is 6.12. The van der Waals surface area contributed by atoms with Gasteiger partial charge < -0.3 is 15.2 Å². The highest BCUT2D eigenvalue weighted by Gasteiger charge is 2.18. The van der Waals surface area contributed by atoms with E-state index in [0.29, 0.717) is 17.0 Å². The van der Waals surface area contributed by atoms with Gasteiger partial charge in [-0.05, 0) is 50.3 Å². The minimum absolute atomic E-state index is 0.252. The first-order valence-electron chi connectivity index (χ1n) is 6.77. The molecule has 2 N–H and O–H groups in total. The van der Waals surface area contributed by atoms with Crippen LogP contribution in [0.2, 0.25) is 0 Å². The van der Waals surface area contributed by atoms with Gasteiger partial charge in [-0.3, -0.25) is 0 Å². The van der Waals surface area contributed by atoms with Crippen molar-refractivity contribution >= 4 is 11.7 Å². The maximum atomic E-state index is 11.7. The molecular formula is C15H21NO3. The maximum Gasteiger partial charge on any atom is 0.340 e. The SMILES string of the molecule is COC(=O)c1cc(OC2CCCCC2)cc(C)c1N. The molecule has 0 amide bonds. The third kappa shape index (κ3) is 3.19. The van der Waals surface area contributed by atoms with Crippen LogP contribution in [0.25, 0.3) is 0 Å².